The highest BCUT2D eigenvalue weighted by Gasteiger charge is 2.09. The van der Waals surface area contributed by atoms with Crippen molar-refractivity contribution in [2.75, 3.05) is 26.2 Å². The van der Waals surface area contributed by atoms with E-state index in [4.69, 9.17) is 4.74 Å². The van der Waals surface area contributed by atoms with Crippen LogP contribution in [-0.4, -0.2) is 31.1 Å². The van der Waals surface area contributed by atoms with E-state index < -0.39 is 0 Å². The molecule has 1 aromatic carbocycles. The number of rotatable bonds is 8. The number of para-hydroxylation sites is 1. The highest BCUT2D eigenvalue weighted by molar-refractivity contribution is 9.10. The molecule has 0 N–H and O–H groups in total. The summed E-state index contributed by atoms with van der Waals surface area (Å²) in [6, 6.07) is 8.05. The minimum absolute atomic E-state index is 0.826. The Kier molecular flexibility index (Phi) is 6.72. The molecule has 3 heteroatoms. The SMILES string of the molecule is Brc1ccccc1OCCCCCCN1CCCC1. The van der Waals surface area contributed by atoms with Crippen molar-refractivity contribution in [1.82, 2.24) is 4.90 Å². The van der Waals surface area contributed by atoms with Crippen molar-refractivity contribution in [3.63, 3.8) is 0 Å². The maximum absolute atomic E-state index is 5.76. The van der Waals surface area contributed by atoms with Crippen LogP contribution in [0.1, 0.15) is 38.5 Å². The quantitative estimate of drug-likeness (QED) is 0.653. The fourth-order valence-electron chi connectivity index (χ4n) is 2.54. The van der Waals surface area contributed by atoms with Gasteiger partial charge in [0.25, 0.3) is 0 Å². The summed E-state index contributed by atoms with van der Waals surface area (Å²) in [7, 11) is 0. The topological polar surface area (TPSA) is 12.5 Å². The first-order valence-electron chi connectivity index (χ1n) is 7.46. The molecular formula is C16H24BrNO. The molecule has 1 heterocycles. The summed E-state index contributed by atoms with van der Waals surface area (Å²) in [5.74, 6) is 0.958. The van der Waals surface area contributed by atoms with Crippen LogP contribution in [0, 0.1) is 0 Å². The molecule has 0 saturated carbocycles. The molecule has 2 nitrogen and oxygen atoms in total. The van der Waals surface area contributed by atoms with E-state index in [0.717, 1.165) is 23.2 Å². The van der Waals surface area contributed by atoms with Gasteiger partial charge in [0.2, 0.25) is 0 Å². The van der Waals surface area contributed by atoms with E-state index in [-0.39, 0.29) is 0 Å². The Hall–Kier alpha value is -0.540. The van der Waals surface area contributed by atoms with Crippen LogP contribution in [0.15, 0.2) is 28.7 Å². The van der Waals surface area contributed by atoms with Gasteiger partial charge in [0, 0.05) is 0 Å². The Morgan fingerprint density at radius 2 is 1.74 bits per heavy atom. The fourth-order valence-corrected chi connectivity index (χ4v) is 2.94. The summed E-state index contributed by atoms with van der Waals surface area (Å²) < 4.78 is 6.80. The molecule has 1 aromatic rings. The molecule has 1 fully saturated rings. The minimum Gasteiger partial charge on any atom is -0.492 e. The molecule has 1 saturated heterocycles. The Balaban J connectivity index is 1.47. The summed E-state index contributed by atoms with van der Waals surface area (Å²) >= 11 is 3.50. The molecule has 0 atom stereocenters. The maximum atomic E-state index is 5.76. The van der Waals surface area contributed by atoms with E-state index in [2.05, 4.69) is 20.8 Å². The normalized spacial score (nSPS) is 15.8. The van der Waals surface area contributed by atoms with Crippen molar-refractivity contribution in [2.24, 2.45) is 0 Å². The van der Waals surface area contributed by atoms with Crippen molar-refractivity contribution in [1.29, 1.82) is 0 Å². The lowest BCUT2D eigenvalue weighted by Crippen LogP contribution is -2.20. The Bertz CT molecular complexity index is 364. The number of ether oxygens (including phenoxy) is 1. The zero-order valence-electron chi connectivity index (χ0n) is 11.6. The summed E-state index contributed by atoms with van der Waals surface area (Å²) in [6.45, 7) is 4.77. The molecule has 0 radical (unpaired) electrons. The van der Waals surface area contributed by atoms with Crippen LogP contribution in [0.3, 0.4) is 0 Å². The predicted molar refractivity (Wildman–Crippen MR) is 83.8 cm³/mol. The van der Waals surface area contributed by atoms with Crippen molar-refractivity contribution in [2.45, 2.75) is 38.5 Å². The van der Waals surface area contributed by atoms with E-state index >= 15 is 0 Å². The summed E-state index contributed by atoms with van der Waals surface area (Å²) in [4.78, 5) is 2.59. The first-order chi connectivity index (χ1) is 9.36. The third kappa shape index (κ3) is 5.53. The van der Waals surface area contributed by atoms with Gasteiger partial charge in [-0.2, -0.15) is 0 Å². The number of likely N-dealkylation sites (tertiary alicyclic amines) is 1. The summed E-state index contributed by atoms with van der Waals surface area (Å²) in [5.41, 5.74) is 0. The smallest absolute Gasteiger partial charge is 0.133 e. The third-order valence-corrected chi connectivity index (χ3v) is 4.32. The Morgan fingerprint density at radius 3 is 2.53 bits per heavy atom. The monoisotopic (exact) mass is 325 g/mol. The average Bonchev–Trinajstić information content (AvgIpc) is 2.93. The maximum Gasteiger partial charge on any atom is 0.133 e. The largest absolute Gasteiger partial charge is 0.492 e. The number of nitrogens with zero attached hydrogens (tertiary/aromatic N) is 1. The summed E-state index contributed by atoms with van der Waals surface area (Å²) in [6.07, 6.45) is 7.91. The summed E-state index contributed by atoms with van der Waals surface area (Å²) in [5, 5.41) is 0. The van der Waals surface area contributed by atoms with Gasteiger partial charge < -0.3 is 9.64 Å². The lowest BCUT2D eigenvalue weighted by atomic mass is 10.2. The van der Waals surface area contributed by atoms with Crippen molar-refractivity contribution in [3.8, 4) is 5.75 Å². The van der Waals surface area contributed by atoms with E-state index in [0.29, 0.717) is 0 Å². The Morgan fingerprint density at radius 1 is 1.00 bits per heavy atom. The van der Waals surface area contributed by atoms with Gasteiger partial charge in [0.05, 0.1) is 11.1 Å². The highest BCUT2D eigenvalue weighted by Crippen LogP contribution is 2.23. The average molecular weight is 326 g/mol. The molecule has 0 bridgehead atoms. The molecule has 0 amide bonds. The number of halogens is 1. The van der Waals surface area contributed by atoms with E-state index in [1.165, 1.54) is 51.7 Å². The first-order valence-corrected chi connectivity index (χ1v) is 8.25. The Labute approximate surface area is 125 Å². The minimum atomic E-state index is 0.826. The van der Waals surface area contributed by atoms with Crippen LogP contribution in [-0.2, 0) is 0 Å². The molecule has 106 valence electrons. The number of hydrogen-bond donors (Lipinski definition) is 0. The van der Waals surface area contributed by atoms with Crippen LogP contribution < -0.4 is 4.74 Å². The van der Waals surface area contributed by atoms with Gasteiger partial charge in [-0.05, 0) is 73.4 Å². The van der Waals surface area contributed by atoms with Gasteiger partial charge in [0.15, 0.2) is 0 Å². The molecule has 0 spiro atoms. The molecule has 2 rings (SSSR count). The molecule has 0 unspecified atom stereocenters. The van der Waals surface area contributed by atoms with Crippen LogP contribution in [0.2, 0.25) is 0 Å². The molecule has 19 heavy (non-hydrogen) atoms. The lowest BCUT2D eigenvalue weighted by molar-refractivity contribution is 0.295. The lowest BCUT2D eigenvalue weighted by Gasteiger charge is -2.13. The molecular weight excluding hydrogens is 302 g/mol. The van der Waals surface area contributed by atoms with E-state index in [1.807, 2.05) is 24.3 Å². The number of unbranched alkanes of at least 4 members (excludes halogenated alkanes) is 3. The first kappa shape index (κ1) is 14.9. The molecule has 1 aliphatic rings. The molecule has 1 aliphatic heterocycles. The van der Waals surface area contributed by atoms with Crippen LogP contribution in [0.4, 0.5) is 0 Å². The van der Waals surface area contributed by atoms with Gasteiger partial charge in [-0.1, -0.05) is 25.0 Å². The fraction of sp³-hybridized carbons (Fsp3) is 0.625. The predicted octanol–water partition coefficient (Wildman–Crippen LogP) is 4.48. The highest BCUT2D eigenvalue weighted by atomic mass is 79.9. The zero-order chi connectivity index (χ0) is 13.3. The van der Waals surface area contributed by atoms with Crippen LogP contribution in [0.25, 0.3) is 0 Å². The van der Waals surface area contributed by atoms with Gasteiger partial charge in [-0.3, -0.25) is 0 Å². The number of benzene rings is 1. The standard InChI is InChI=1S/C16H24BrNO/c17-15-9-3-4-10-16(15)19-14-8-2-1-5-11-18-12-6-7-13-18/h3-4,9-10H,1-2,5-8,11-14H2. The number of hydrogen-bond acceptors (Lipinski definition) is 2. The van der Waals surface area contributed by atoms with Crippen LogP contribution in [0.5, 0.6) is 5.75 Å². The van der Waals surface area contributed by atoms with E-state index in [1.54, 1.807) is 0 Å². The zero-order valence-corrected chi connectivity index (χ0v) is 13.2. The second-order valence-corrected chi connectivity index (χ2v) is 6.10. The van der Waals surface area contributed by atoms with Gasteiger partial charge >= 0.3 is 0 Å². The van der Waals surface area contributed by atoms with Crippen molar-refractivity contribution in [3.05, 3.63) is 28.7 Å². The third-order valence-electron chi connectivity index (χ3n) is 3.66. The molecule has 0 aromatic heterocycles. The van der Waals surface area contributed by atoms with Crippen molar-refractivity contribution >= 4 is 15.9 Å². The van der Waals surface area contributed by atoms with Crippen molar-refractivity contribution < 1.29 is 4.74 Å². The second kappa shape index (κ2) is 8.60. The van der Waals surface area contributed by atoms with E-state index in [9.17, 15) is 0 Å². The van der Waals surface area contributed by atoms with Crippen LogP contribution >= 0.6 is 15.9 Å². The van der Waals surface area contributed by atoms with Gasteiger partial charge in [-0.15, -0.1) is 0 Å². The second-order valence-electron chi connectivity index (χ2n) is 5.24. The van der Waals surface area contributed by atoms with Gasteiger partial charge in [0.1, 0.15) is 5.75 Å². The van der Waals surface area contributed by atoms with Gasteiger partial charge in [-0.25, -0.2) is 0 Å². The molecule has 0 aliphatic carbocycles.